The predicted molar refractivity (Wildman–Crippen MR) is 65.3 cm³/mol. The fraction of sp³-hybridized carbons (Fsp3) is 0.909. The van der Waals surface area contributed by atoms with E-state index in [9.17, 15) is 0 Å². The van der Waals surface area contributed by atoms with Crippen molar-refractivity contribution in [2.75, 3.05) is 20.1 Å². The van der Waals surface area contributed by atoms with Crippen LogP contribution in [0.1, 0.15) is 27.2 Å². The molecule has 0 saturated heterocycles. The Bertz CT molecular complexity index is 203. The van der Waals surface area contributed by atoms with Gasteiger partial charge in [0.25, 0.3) is 0 Å². The highest BCUT2D eigenvalue weighted by Crippen LogP contribution is 2.37. The van der Waals surface area contributed by atoms with Gasteiger partial charge in [0.15, 0.2) is 5.11 Å². The minimum absolute atomic E-state index is 0.654. The van der Waals surface area contributed by atoms with E-state index >= 15 is 0 Å². The van der Waals surface area contributed by atoms with Crippen molar-refractivity contribution in [1.82, 2.24) is 10.2 Å². The van der Waals surface area contributed by atoms with Crippen LogP contribution in [0.4, 0.5) is 0 Å². The highest BCUT2D eigenvalue weighted by Gasteiger charge is 2.33. The molecule has 0 aromatic heterocycles. The Kier molecular flexibility index (Phi) is 4.17. The lowest BCUT2D eigenvalue weighted by Crippen LogP contribution is -2.39. The van der Waals surface area contributed by atoms with Gasteiger partial charge in [0, 0.05) is 20.1 Å². The van der Waals surface area contributed by atoms with Gasteiger partial charge in [-0.1, -0.05) is 20.8 Å². The Labute approximate surface area is 93.1 Å². The summed E-state index contributed by atoms with van der Waals surface area (Å²) in [5, 5.41) is 4.19. The monoisotopic (exact) mass is 214 g/mol. The van der Waals surface area contributed by atoms with Gasteiger partial charge < -0.3 is 10.2 Å². The Morgan fingerprint density at radius 2 is 2.14 bits per heavy atom. The first-order valence-electron chi connectivity index (χ1n) is 5.49. The smallest absolute Gasteiger partial charge is 0.168 e. The van der Waals surface area contributed by atoms with Crippen molar-refractivity contribution in [3.63, 3.8) is 0 Å². The lowest BCUT2D eigenvalue weighted by Gasteiger charge is -2.21. The third kappa shape index (κ3) is 3.82. The van der Waals surface area contributed by atoms with Gasteiger partial charge in [0.1, 0.15) is 0 Å². The van der Waals surface area contributed by atoms with Crippen molar-refractivity contribution >= 4 is 17.3 Å². The molecule has 0 aromatic rings. The third-order valence-corrected chi connectivity index (χ3v) is 3.25. The van der Waals surface area contributed by atoms with Gasteiger partial charge in [0.2, 0.25) is 0 Å². The Morgan fingerprint density at radius 3 is 2.57 bits per heavy atom. The van der Waals surface area contributed by atoms with Gasteiger partial charge >= 0.3 is 0 Å². The molecule has 0 spiro atoms. The predicted octanol–water partition coefficient (Wildman–Crippen LogP) is 2.10. The van der Waals surface area contributed by atoms with Gasteiger partial charge in [-0.05, 0) is 36.4 Å². The van der Waals surface area contributed by atoms with Crippen molar-refractivity contribution in [2.24, 2.45) is 17.8 Å². The molecule has 0 heterocycles. The highest BCUT2D eigenvalue weighted by atomic mass is 32.1. The van der Waals surface area contributed by atoms with E-state index in [-0.39, 0.29) is 0 Å². The highest BCUT2D eigenvalue weighted by molar-refractivity contribution is 7.80. The summed E-state index contributed by atoms with van der Waals surface area (Å²) >= 11 is 5.29. The van der Waals surface area contributed by atoms with Crippen molar-refractivity contribution in [2.45, 2.75) is 27.2 Å². The molecule has 1 aliphatic carbocycles. The van der Waals surface area contributed by atoms with E-state index in [1.807, 2.05) is 0 Å². The first kappa shape index (κ1) is 11.8. The zero-order valence-electron chi connectivity index (χ0n) is 9.71. The van der Waals surface area contributed by atoms with Crippen LogP contribution in [-0.2, 0) is 0 Å². The molecule has 14 heavy (non-hydrogen) atoms. The number of hydrogen-bond acceptors (Lipinski definition) is 1. The molecule has 1 N–H and O–H groups in total. The van der Waals surface area contributed by atoms with Gasteiger partial charge in [-0.15, -0.1) is 0 Å². The fourth-order valence-electron chi connectivity index (χ4n) is 1.51. The molecule has 0 bridgehead atoms. The summed E-state index contributed by atoms with van der Waals surface area (Å²) in [4.78, 5) is 2.17. The largest absolute Gasteiger partial charge is 0.362 e. The van der Waals surface area contributed by atoms with Crippen molar-refractivity contribution < 1.29 is 0 Å². The molecule has 2 atom stereocenters. The molecular weight excluding hydrogens is 192 g/mol. The molecule has 1 fully saturated rings. The van der Waals surface area contributed by atoms with Crippen LogP contribution in [0.15, 0.2) is 0 Å². The molecule has 2 nitrogen and oxygen atoms in total. The normalized spacial score (nSPS) is 24.9. The molecule has 1 aliphatic rings. The summed E-state index contributed by atoms with van der Waals surface area (Å²) in [6.07, 6.45) is 1.37. The van der Waals surface area contributed by atoms with Crippen LogP contribution in [0.25, 0.3) is 0 Å². The zero-order chi connectivity index (χ0) is 10.7. The molecule has 0 radical (unpaired) electrons. The SMILES string of the molecule is CC(C)CNC(=S)N(C)CC1CC1C. The van der Waals surface area contributed by atoms with Crippen molar-refractivity contribution in [3.8, 4) is 0 Å². The van der Waals surface area contributed by atoms with Crippen LogP contribution in [0.3, 0.4) is 0 Å². The topological polar surface area (TPSA) is 15.3 Å². The summed E-state index contributed by atoms with van der Waals surface area (Å²) in [7, 11) is 2.08. The van der Waals surface area contributed by atoms with E-state index < -0.39 is 0 Å². The lowest BCUT2D eigenvalue weighted by molar-refractivity contribution is 0.449. The molecule has 82 valence electrons. The number of hydrogen-bond donors (Lipinski definition) is 1. The zero-order valence-corrected chi connectivity index (χ0v) is 10.5. The van der Waals surface area contributed by atoms with Crippen LogP contribution in [0.5, 0.6) is 0 Å². The second-order valence-corrected chi connectivity index (χ2v) is 5.32. The van der Waals surface area contributed by atoms with Crippen molar-refractivity contribution in [1.29, 1.82) is 0 Å². The summed E-state index contributed by atoms with van der Waals surface area (Å²) in [5.41, 5.74) is 0. The maximum atomic E-state index is 5.29. The minimum atomic E-state index is 0.654. The third-order valence-electron chi connectivity index (χ3n) is 2.79. The summed E-state index contributed by atoms with van der Waals surface area (Å²) in [5.74, 6) is 2.44. The Hall–Kier alpha value is -0.310. The first-order valence-corrected chi connectivity index (χ1v) is 5.90. The second kappa shape index (κ2) is 4.96. The molecule has 3 heteroatoms. The van der Waals surface area contributed by atoms with Gasteiger partial charge in [-0.25, -0.2) is 0 Å². The quantitative estimate of drug-likeness (QED) is 0.722. The number of nitrogens with one attached hydrogen (secondary N) is 1. The number of rotatable bonds is 4. The van der Waals surface area contributed by atoms with E-state index in [1.54, 1.807) is 0 Å². The molecule has 0 amide bonds. The molecule has 0 aromatic carbocycles. The van der Waals surface area contributed by atoms with Crippen LogP contribution in [0.2, 0.25) is 0 Å². The van der Waals surface area contributed by atoms with Gasteiger partial charge in [0.05, 0.1) is 0 Å². The van der Waals surface area contributed by atoms with Crippen LogP contribution in [0, 0.1) is 17.8 Å². The molecule has 1 saturated carbocycles. The molecular formula is C11H22N2S. The van der Waals surface area contributed by atoms with E-state index in [1.165, 1.54) is 6.42 Å². The summed E-state index contributed by atoms with van der Waals surface area (Å²) in [6.45, 7) is 8.79. The summed E-state index contributed by atoms with van der Waals surface area (Å²) in [6, 6.07) is 0. The lowest BCUT2D eigenvalue weighted by atomic mass is 10.2. The van der Waals surface area contributed by atoms with E-state index in [0.717, 1.165) is 30.0 Å². The average molecular weight is 214 g/mol. The van der Waals surface area contributed by atoms with E-state index in [2.05, 4.69) is 38.0 Å². The standard InChI is InChI=1S/C11H22N2S/c1-8(2)6-12-11(14)13(4)7-10-5-9(10)3/h8-10H,5-7H2,1-4H3,(H,12,14). The van der Waals surface area contributed by atoms with E-state index in [0.29, 0.717) is 5.92 Å². The van der Waals surface area contributed by atoms with E-state index in [4.69, 9.17) is 12.2 Å². The molecule has 0 aliphatic heterocycles. The van der Waals surface area contributed by atoms with Gasteiger partial charge in [-0.3, -0.25) is 0 Å². The van der Waals surface area contributed by atoms with Crippen LogP contribution in [-0.4, -0.2) is 30.1 Å². The Balaban J connectivity index is 2.16. The maximum absolute atomic E-state index is 5.29. The van der Waals surface area contributed by atoms with Crippen molar-refractivity contribution in [3.05, 3.63) is 0 Å². The molecule has 1 rings (SSSR count). The second-order valence-electron chi connectivity index (χ2n) is 4.93. The fourth-order valence-corrected chi connectivity index (χ4v) is 1.67. The number of nitrogens with zero attached hydrogens (tertiary/aromatic N) is 1. The Morgan fingerprint density at radius 1 is 1.57 bits per heavy atom. The average Bonchev–Trinajstić information content (AvgIpc) is 2.77. The summed E-state index contributed by atoms with van der Waals surface area (Å²) < 4.78 is 0. The van der Waals surface area contributed by atoms with Gasteiger partial charge in [-0.2, -0.15) is 0 Å². The molecule has 2 unspecified atom stereocenters. The first-order chi connectivity index (χ1) is 6.50. The maximum Gasteiger partial charge on any atom is 0.168 e. The minimum Gasteiger partial charge on any atom is -0.362 e. The van der Waals surface area contributed by atoms with Crippen LogP contribution < -0.4 is 5.32 Å². The number of thiocarbonyl (C=S) groups is 1. The van der Waals surface area contributed by atoms with Crippen LogP contribution >= 0.6 is 12.2 Å².